The summed E-state index contributed by atoms with van der Waals surface area (Å²) in [5.41, 5.74) is 4.19. The molecule has 1 aromatic heterocycles. The zero-order valence-corrected chi connectivity index (χ0v) is 18.0. The first kappa shape index (κ1) is 20.5. The second-order valence-corrected chi connectivity index (χ2v) is 8.01. The number of nitrogens with one attached hydrogen (secondary N) is 1. The highest BCUT2D eigenvalue weighted by Gasteiger charge is 2.36. The Morgan fingerprint density at radius 3 is 2.30 bits per heavy atom. The third kappa shape index (κ3) is 3.83. The van der Waals surface area contributed by atoms with E-state index in [0.29, 0.717) is 12.2 Å². The van der Waals surface area contributed by atoms with Gasteiger partial charge in [-0.25, -0.2) is 9.69 Å². The number of carbonyl (C=O) groups excluding carboxylic acids is 3. The van der Waals surface area contributed by atoms with Gasteiger partial charge < -0.3 is 4.57 Å². The van der Waals surface area contributed by atoms with Gasteiger partial charge in [0.25, 0.3) is 11.8 Å². The smallest absolute Gasteiger partial charge is 0.335 e. The van der Waals surface area contributed by atoms with Gasteiger partial charge in [-0.2, -0.15) is 0 Å². The van der Waals surface area contributed by atoms with Crippen LogP contribution in [0, 0.1) is 6.92 Å². The average molecular weight is 435 g/mol. The summed E-state index contributed by atoms with van der Waals surface area (Å²) in [5.74, 6) is -1.35. The standard InChI is InChI=1S/C27H21N3O3/c1-18-11-13-21(14-12-18)30-26(32)23(25(31)28-27(30)33)15-20-17-29(16-19-7-3-2-4-8-19)24-10-6-5-9-22(20)24/h2-15,17H,16H2,1H3,(H,28,31,33). The first-order chi connectivity index (χ1) is 16.0. The number of aryl methyl sites for hydroxylation is 1. The number of barbiturate groups is 1. The number of aromatic nitrogens is 1. The summed E-state index contributed by atoms with van der Waals surface area (Å²) in [7, 11) is 0. The number of benzene rings is 3. The number of urea groups is 1. The van der Waals surface area contributed by atoms with Gasteiger partial charge in [0, 0.05) is 29.2 Å². The van der Waals surface area contributed by atoms with Crippen molar-refractivity contribution < 1.29 is 14.4 Å². The Hall–Kier alpha value is -4.45. The van der Waals surface area contributed by atoms with Crippen LogP contribution in [0.15, 0.2) is 90.6 Å². The van der Waals surface area contributed by atoms with E-state index in [1.165, 1.54) is 0 Å². The Kier molecular flexibility index (Phi) is 5.11. The van der Waals surface area contributed by atoms with E-state index in [-0.39, 0.29) is 5.57 Å². The Bertz CT molecular complexity index is 1420. The molecule has 0 aliphatic carbocycles. The summed E-state index contributed by atoms with van der Waals surface area (Å²) in [6.07, 6.45) is 3.49. The van der Waals surface area contributed by atoms with E-state index < -0.39 is 17.8 Å². The maximum Gasteiger partial charge on any atom is 0.335 e. The lowest BCUT2D eigenvalue weighted by molar-refractivity contribution is -0.122. The molecule has 1 aliphatic heterocycles. The molecule has 0 saturated carbocycles. The number of carbonyl (C=O) groups is 3. The maximum atomic E-state index is 13.2. The van der Waals surface area contributed by atoms with Crippen LogP contribution in [0.2, 0.25) is 0 Å². The van der Waals surface area contributed by atoms with Crippen molar-refractivity contribution in [2.24, 2.45) is 0 Å². The zero-order valence-electron chi connectivity index (χ0n) is 18.0. The minimum Gasteiger partial charge on any atom is -0.342 e. The summed E-state index contributed by atoms with van der Waals surface area (Å²) >= 11 is 0. The van der Waals surface area contributed by atoms with E-state index in [2.05, 4.69) is 22.0 Å². The van der Waals surface area contributed by atoms with Crippen LogP contribution in [-0.4, -0.2) is 22.4 Å². The lowest BCUT2D eigenvalue weighted by atomic mass is 10.1. The number of para-hydroxylation sites is 1. The van der Waals surface area contributed by atoms with Gasteiger partial charge in [0.05, 0.1) is 5.69 Å². The van der Waals surface area contributed by atoms with Crippen LogP contribution in [0.3, 0.4) is 0 Å². The van der Waals surface area contributed by atoms with E-state index in [9.17, 15) is 14.4 Å². The fraction of sp³-hybridized carbons (Fsp3) is 0.0741. The van der Waals surface area contributed by atoms with Crippen LogP contribution in [0.25, 0.3) is 17.0 Å². The number of rotatable bonds is 4. The van der Waals surface area contributed by atoms with Crippen molar-refractivity contribution >= 4 is 40.5 Å². The van der Waals surface area contributed by atoms with Crippen molar-refractivity contribution in [1.82, 2.24) is 9.88 Å². The molecule has 6 heteroatoms. The second kappa shape index (κ2) is 8.24. The molecule has 2 heterocycles. The SMILES string of the molecule is Cc1ccc(N2C(=O)NC(=O)C(=Cc3cn(Cc4ccccc4)c4ccccc34)C2=O)cc1. The minimum absolute atomic E-state index is 0.0854. The quantitative estimate of drug-likeness (QED) is 0.374. The Labute approximate surface area is 190 Å². The van der Waals surface area contributed by atoms with Crippen LogP contribution >= 0.6 is 0 Å². The molecular formula is C27H21N3O3. The molecule has 6 nitrogen and oxygen atoms in total. The Balaban J connectivity index is 1.57. The molecule has 4 amide bonds. The number of hydrogen-bond acceptors (Lipinski definition) is 3. The van der Waals surface area contributed by atoms with Crippen molar-refractivity contribution in [1.29, 1.82) is 0 Å². The van der Waals surface area contributed by atoms with E-state index in [4.69, 9.17) is 0 Å². The third-order valence-corrected chi connectivity index (χ3v) is 5.71. The predicted molar refractivity (Wildman–Crippen MR) is 128 cm³/mol. The molecule has 0 bridgehead atoms. The van der Waals surface area contributed by atoms with Crippen LogP contribution in [-0.2, 0) is 16.1 Å². The number of imide groups is 2. The number of amides is 4. The van der Waals surface area contributed by atoms with Crippen molar-refractivity contribution in [3.63, 3.8) is 0 Å². The molecule has 1 saturated heterocycles. The fourth-order valence-electron chi connectivity index (χ4n) is 4.04. The topological polar surface area (TPSA) is 71.4 Å². The van der Waals surface area contributed by atoms with Gasteiger partial charge in [0.1, 0.15) is 5.57 Å². The summed E-state index contributed by atoms with van der Waals surface area (Å²) in [6.45, 7) is 2.57. The van der Waals surface area contributed by atoms with Gasteiger partial charge >= 0.3 is 6.03 Å². The molecule has 1 N–H and O–H groups in total. The van der Waals surface area contributed by atoms with E-state index >= 15 is 0 Å². The van der Waals surface area contributed by atoms with E-state index in [0.717, 1.165) is 32.5 Å². The molecule has 0 radical (unpaired) electrons. The fourth-order valence-corrected chi connectivity index (χ4v) is 4.04. The molecule has 0 spiro atoms. The van der Waals surface area contributed by atoms with Crippen LogP contribution in [0.5, 0.6) is 0 Å². The van der Waals surface area contributed by atoms with Gasteiger partial charge in [-0.1, -0.05) is 66.2 Å². The van der Waals surface area contributed by atoms with Crippen molar-refractivity contribution in [3.8, 4) is 0 Å². The third-order valence-electron chi connectivity index (χ3n) is 5.71. The van der Waals surface area contributed by atoms with Crippen LogP contribution < -0.4 is 10.2 Å². The molecule has 4 aromatic rings. The Morgan fingerprint density at radius 2 is 1.55 bits per heavy atom. The normalized spacial score (nSPS) is 15.4. The molecule has 1 aliphatic rings. The monoisotopic (exact) mass is 435 g/mol. The minimum atomic E-state index is -0.752. The zero-order chi connectivity index (χ0) is 22.9. The summed E-state index contributed by atoms with van der Waals surface area (Å²) in [6, 6.07) is 24.1. The molecule has 0 atom stereocenters. The van der Waals surface area contributed by atoms with Gasteiger partial charge in [0.2, 0.25) is 0 Å². The lowest BCUT2D eigenvalue weighted by Gasteiger charge is -2.26. The Morgan fingerprint density at radius 1 is 0.848 bits per heavy atom. The highest BCUT2D eigenvalue weighted by Crippen LogP contribution is 2.27. The average Bonchev–Trinajstić information content (AvgIpc) is 3.16. The van der Waals surface area contributed by atoms with E-state index in [1.807, 2.05) is 67.7 Å². The number of hydrogen-bond donors (Lipinski definition) is 1. The first-order valence-electron chi connectivity index (χ1n) is 10.6. The van der Waals surface area contributed by atoms with Gasteiger partial charge in [-0.3, -0.25) is 14.9 Å². The molecule has 162 valence electrons. The molecule has 5 rings (SSSR count). The van der Waals surface area contributed by atoms with Gasteiger partial charge in [-0.05, 0) is 36.8 Å². The molecular weight excluding hydrogens is 414 g/mol. The molecule has 1 fully saturated rings. The highest BCUT2D eigenvalue weighted by atomic mass is 16.2. The first-order valence-corrected chi connectivity index (χ1v) is 10.6. The second-order valence-electron chi connectivity index (χ2n) is 8.01. The molecule has 0 unspecified atom stereocenters. The molecule has 3 aromatic carbocycles. The summed E-state index contributed by atoms with van der Waals surface area (Å²) < 4.78 is 2.09. The number of fused-ring (bicyclic) bond motifs is 1. The van der Waals surface area contributed by atoms with E-state index in [1.54, 1.807) is 18.2 Å². The summed E-state index contributed by atoms with van der Waals surface area (Å²) in [5, 5.41) is 3.21. The van der Waals surface area contributed by atoms with Gasteiger partial charge in [0.15, 0.2) is 0 Å². The molecule has 33 heavy (non-hydrogen) atoms. The van der Waals surface area contributed by atoms with Crippen molar-refractivity contribution in [2.45, 2.75) is 13.5 Å². The highest BCUT2D eigenvalue weighted by molar-refractivity contribution is 6.39. The lowest BCUT2D eigenvalue weighted by Crippen LogP contribution is -2.54. The maximum absolute atomic E-state index is 13.2. The number of nitrogens with zero attached hydrogens (tertiary/aromatic N) is 2. The van der Waals surface area contributed by atoms with Gasteiger partial charge in [-0.15, -0.1) is 0 Å². The summed E-state index contributed by atoms with van der Waals surface area (Å²) in [4.78, 5) is 39.3. The number of anilines is 1. The van der Waals surface area contributed by atoms with Crippen LogP contribution in [0.4, 0.5) is 10.5 Å². The largest absolute Gasteiger partial charge is 0.342 e. The van der Waals surface area contributed by atoms with Crippen LogP contribution in [0.1, 0.15) is 16.7 Å². The van der Waals surface area contributed by atoms with Crippen molar-refractivity contribution in [2.75, 3.05) is 4.90 Å². The van der Waals surface area contributed by atoms with Crippen molar-refractivity contribution in [3.05, 3.63) is 107 Å². The predicted octanol–water partition coefficient (Wildman–Crippen LogP) is 4.66.